The Morgan fingerprint density at radius 3 is 2.92 bits per heavy atom. The summed E-state index contributed by atoms with van der Waals surface area (Å²) in [6.45, 7) is 0.692. The Labute approximate surface area is 142 Å². The van der Waals surface area contributed by atoms with Gasteiger partial charge in [0.05, 0.1) is 0 Å². The van der Waals surface area contributed by atoms with Crippen molar-refractivity contribution in [2.75, 3.05) is 5.32 Å². The highest BCUT2D eigenvalue weighted by molar-refractivity contribution is 6.05. The predicted octanol–water partition coefficient (Wildman–Crippen LogP) is 2.04. The summed E-state index contributed by atoms with van der Waals surface area (Å²) < 4.78 is 1.78. The van der Waals surface area contributed by atoms with Crippen LogP contribution in [0.4, 0.5) is 5.82 Å². The van der Waals surface area contributed by atoms with E-state index in [0.717, 1.165) is 17.6 Å². The van der Waals surface area contributed by atoms with Crippen LogP contribution in [0.15, 0.2) is 54.9 Å². The van der Waals surface area contributed by atoms with E-state index in [9.17, 15) is 4.79 Å². The summed E-state index contributed by atoms with van der Waals surface area (Å²) in [6.07, 6.45) is 4.38. The second kappa shape index (κ2) is 6.52. The molecule has 0 saturated heterocycles. The van der Waals surface area contributed by atoms with Gasteiger partial charge in [0.2, 0.25) is 0 Å². The molecule has 0 fully saturated rings. The topological polar surface area (TPSA) is 101 Å². The van der Waals surface area contributed by atoms with Gasteiger partial charge in [-0.15, -0.1) is 0 Å². The van der Waals surface area contributed by atoms with Gasteiger partial charge in [-0.2, -0.15) is 20.5 Å². The first-order valence-electron chi connectivity index (χ1n) is 7.83. The van der Waals surface area contributed by atoms with Crippen LogP contribution in [0.3, 0.4) is 0 Å². The molecule has 1 aromatic carbocycles. The second-order valence-electron chi connectivity index (χ2n) is 5.52. The lowest BCUT2D eigenvalue weighted by atomic mass is 10.2. The number of aryl methyl sites for hydroxylation is 2. The lowest BCUT2D eigenvalue weighted by molar-refractivity contribution is 0.102. The van der Waals surface area contributed by atoms with Crippen LogP contribution >= 0.6 is 0 Å². The molecule has 8 nitrogen and oxygen atoms in total. The summed E-state index contributed by atoms with van der Waals surface area (Å²) in [5, 5.41) is 17.6. The van der Waals surface area contributed by atoms with Gasteiger partial charge in [-0.3, -0.25) is 14.5 Å². The largest absolute Gasteiger partial charge is 0.305 e. The first kappa shape index (κ1) is 15.0. The number of hydrogen-bond acceptors (Lipinski definition) is 5. The van der Waals surface area contributed by atoms with Crippen LogP contribution in [0.25, 0.3) is 11.0 Å². The first-order valence-corrected chi connectivity index (χ1v) is 7.83. The SMILES string of the molecule is O=C(Nc1ccn(CCc2ccccn2)n1)c1ccc2n[nH]nc2c1. The van der Waals surface area contributed by atoms with Crippen LogP contribution in [0.5, 0.6) is 0 Å². The molecule has 2 N–H and O–H groups in total. The van der Waals surface area contributed by atoms with Gasteiger partial charge < -0.3 is 5.32 Å². The third-order valence-electron chi connectivity index (χ3n) is 3.78. The molecule has 3 heterocycles. The molecule has 25 heavy (non-hydrogen) atoms. The summed E-state index contributed by atoms with van der Waals surface area (Å²) in [6, 6.07) is 12.7. The Kier molecular flexibility index (Phi) is 3.91. The fraction of sp³-hybridized carbons (Fsp3) is 0.118. The van der Waals surface area contributed by atoms with E-state index in [1.54, 1.807) is 35.1 Å². The molecular weight excluding hydrogens is 318 g/mol. The molecule has 0 saturated carbocycles. The molecule has 0 radical (unpaired) electrons. The second-order valence-corrected chi connectivity index (χ2v) is 5.52. The summed E-state index contributed by atoms with van der Waals surface area (Å²) >= 11 is 0. The summed E-state index contributed by atoms with van der Waals surface area (Å²) in [4.78, 5) is 16.6. The highest BCUT2D eigenvalue weighted by Gasteiger charge is 2.10. The van der Waals surface area contributed by atoms with Gasteiger partial charge in [-0.05, 0) is 30.3 Å². The zero-order valence-corrected chi connectivity index (χ0v) is 13.3. The number of nitrogens with zero attached hydrogens (tertiary/aromatic N) is 5. The number of aromatic nitrogens is 6. The molecule has 4 aromatic rings. The van der Waals surface area contributed by atoms with E-state index in [2.05, 4.69) is 30.8 Å². The smallest absolute Gasteiger partial charge is 0.256 e. The zero-order valence-electron chi connectivity index (χ0n) is 13.3. The number of benzene rings is 1. The van der Waals surface area contributed by atoms with Crippen molar-refractivity contribution in [2.45, 2.75) is 13.0 Å². The van der Waals surface area contributed by atoms with E-state index in [1.165, 1.54) is 0 Å². The van der Waals surface area contributed by atoms with Crippen LogP contribution in [0.1, 0.15) is 16.1 Å². The van der Waals surface area contributed by atoms with Gasteiger partial charge in [0.25, 0.3) is 5.91 Å². The number of aromatic amines is 1. The molecule has 3 aromatic heterocycles. The van der Waals surface area contributed by atoms with Crippen molar-refractivity contribution in [1.82, 2.24) is 30.2 Å². The van der Waals surface area contributed by atoms with E-state index in [4.69, 9.17) is 0 Å². The van der Waals surface area contributed by atoms with E-state index in [0.29, 0.717) is 23.4 Å². The first-order chi connectivity index (χ1) is 12.3. The van der Waals surface area contributed by atoms with Gasteiger partial charge in [0, 0.05) is 42.7 Å². The van der Waals surface area contributed by atoms with E-state index in [-0.39, 0.29) is 5.91 Å². The van der Waals surface area contributed by atoms with Crippen molar-refractivity contribution in [2.24, 2.45) is 0 Å². The molecule has 4 rings (SSSR count). The molecule has 1 amide bonds. The molecule has 124 valence electrons. The maximum atomic E-state index is 12.3. The van der Waals surface area contributed by atoms with Crippen LogP contribution in [0.2, 0.25) is 0 Å². The Bertz CT molecular complexity index is 1010. The van der Waals surface area contributed by atoms with Gasteiger partial charge in [0.1, 0.15) is 11.0 Å². The third kappa shape index (κ3) is 3.37. The van der Waals surface area contributed by atoms with Crippen LogP contribution in [0, 0.1) is 0 Å². The Morgan fingerprint density at radius 2 is 2.04 bits per heavy atom. The highest BCUT2D eigenvalue weighted by Crippen LogP contribution is 2.12. The van der Waals surface area contributed by atoms with Crippen molar-refractivity contribution in [3.05, 3.63) is 66.1 Å². The van der Waals surface area contributed by atoms with Crippen molar-refractivity contribution in [3.63, 3.8) is 0 Å². The molecule has 0 aliphatic heterocycles. The highest BCUT2D eigenvalue weighted by atomic mass is 16.1. The molecule has 0 aliphatic rings. The number of carbonyl (C=O) groups is 1. The zero-order chi connectivity index (χ0) is 17.1. The summed E-state index contributed by atoms with van der Waals surface area (Å²) in [7, 11) is 0. The number of hydrogen-bond donors (Lipinski definition) is 2. The molecular formula is C17H15N7O. The Morgan fingerprint density at radius 1 is 1.12 bits per heavy atom. The van der Waals surface area contributed by atoms with Crippen LogP contribution in [-0.2, 0) is 13.0 Å². The number of carbonyl (C=O) groups excluding carboxylic acids is 1. The number of nitrogens with one attached hydrogen (secondary N) is 2. The molecule has 8 heteroatoms. The standard InChI is InChI=1S/C17H15N7O/c25-17(12-4-5-14-15(11-12)21-23-20-14)19-16-7-10-24(22-16)9-6-13-3-1-2-8-18-13/h1-5,7-8,10-11H,6,9H2,(H,19,22,25)(H,20,21,23). The average molecular weight is 333 g/mol. The maximum absolute atomic E-state index is 12.3. The van der Waals surface area contributed by atoms with Crippen molar-refractivity contribution >= 4 is 22.8 Å². The lowest BCUT2D eigenvalue weighted by Crippen LogP contribution is -2.13. The number of anilines is 1. The van der Waals surface area contributed by atoms with Gasteiger partial charge in [-0.25, -0.2) is 0 Å². The van der Waals surface area contributed by atoms with Crippen molar-refractivity contribution in [3.8, 4) is 0 Å². The summed E-state index contributed by atoms with van der Waals surface area (Å²) in [5.74, 6) is 0.270. The monoisotopic (exact) mass is 333 g/mol. The van der Waals surface area contributed by atoms with E-state index >= 15 is 0 Å². The van der Waals surface area contributed by atoms with Gasteiger partial charge >= 0.3 is 0 Å². The minimum absolute atomic E-state index is 0.236. The Hall–Kier alpha value is -3.55. The number of rotatable bonds is 5. The fourth-order valence-corrected chi connectivity index (χ4v) is 2.50. The molecule has 0 spiro atoms. The quantitative estimate of drug-likeness (QED) is 0.582. The molecule has 0 bridgehead atoms. The number of H-pyrrole nitrogens is 1. The van der Waals surface area contributed by atoms with E-state index < -0.39 is 0 Å². The number of fused-ring (bicyclic) bond motifs is 1. The normalized spacial score (nSPS) is 10.9. The minimum Gasteiger partial charge on any atom is -0.305 e. The molecule has 0 aliphatic carbocycles. The summed E-state index contributed by atoms with van der Waals surface area (Å²) in [5.41, 5.74) is 2.87. The minimum atomic E-state index is -0.236. The van der Waals surface area contributed by atoms with Crippen LogP contribution < -0.4 is 5.32 Å². The molecule has 0 unspecified atom stereocenters. The number of amides is 1. The predicted molar refractivity (Wildman–Crippen MR) is 92.0 cm³/mol. The van der Waals surface area contributed by atoms with Crippen molar-refractivity contribution < 1.29 is 4.79 Å². The van der Waals surface area contributed by atoms with Gasteiger partial charge in [0.15, 0.2) is 5.82 Å². The van der Waals surface area contributed by atoms with Crippen LogP contribution in [-0.4, -0.2) is 36.1 Å². The Balaban J connectivity index is 1.40. The maximum Gasteiger partial charge on any atom is 0.256 e. The van der Waals surface area contributed by atoms with Gasteiger partial charge in [-0.1, -0.05) is 6.07 Å². The number of pyridine rings is 1. The van der Waals surface area contributed by atoms with Crippen molar-refractivity contribution in [1.29, 1.82) is 0 Å². The molecule has 0 atom stereocenters. The lowest BCUT2D eigenvalue weighted by Gasteiger charge is -2.03. The van der Waals surface area contributed by atoms with E-state index in [1.807, 2.05) is 24.4 Å². The average Bonchev–Trinajstić information content (AvgIpc) is 3.29. The third-order valence-corrected chi connectivity index (χ3v) is 3.78. The fourth-order valence-electron chi connectivity index (χ4n) is 2.50.